The van der Waals surface area contributed by atoms with Gasteiger partial charge in [-0.2, -0.15) is 5.26 Å². The maximum Gasteiger partial charge on any atom is 0.248 e. The largest absolute Gasteiger partial charge is 0.489 e. The summed E-state index contributed by atoms with van der Waals surface area (Å²) in [6, 6.07) is 14.9. The van der Waals surface area contributed by atoms with Gasteiger partial charge in [-0.05, 0) is 60.6 Å². The number of hydrogen-bond donors (Lipinski definition) is 1. The Balaban J connectivity index is 1.07. The van der Waals surface area contributed by atoms with Gasteiger partial charge in [-0.15, -0.1) is 0 Å². The van der Waals surface area contributed by atoms with E-state index in [0.717, 1.165) is 16.9 Å². The Kier molecular flexibility index (Phi) is 8.29. The molecule has 40 heavy (non-hydrogen) atoms. The van der Waals surface area contributed by atoms with Crippen molar-refractivity contribution < 1.29 is 23.1 Å². The van der Waals surface area contributed by atoms with Crippen LogP contribution in [-0.2, 0) is 22.7 Å². The molecule has 5 rings (SSSR count). The molecule has 212 valence electrons. The minimum Gasteiger partial charge on any atom is -0.489 e. The lowest BCUT2D eigenvalue weighted by molar-refractivity contribution is -0.135. The fourth-order valence-corrected chi connectivity index (χ4v) is 6.02. The molecule has 2 aromatic carbocycles. The fraction of sp³-hybridized carbons (Fsp3) is 0.500. The number of piperazine rings is 1. The van der Waals surface area contributed by atoms with Gasteiger partial charge in [0.25, 0.3) is 0 Å². The summed E-state index contributed by atoms with van der Waals surface area (Å²) in [5.74, 6) is -2.45. The highest BCUT2D eigenvalue weighted by molar-refractivity contribution is 6.30. The molecule has 0 radical (unpaired) electrons. The summed E-state index contributed by atoms with van der Waals surface area (Å²) in [6.45, 7) is 3.33. The minimum atomic E-state index is -2.61. The Morgan fingerprint density at radius 1 is 1.05 bits per heavy atom. The number of carbonyl (C=O) groups is 2. The molecule has 1 atom stereocenters. The summed E-state index contributed by atoms with van der Waals surface area (Å²) < 4.78 is 33.1. The van der Waals surface area contributed by atoms with Crippen LogP contribution in [-0.4, -0.2) is 60.3 Å². The van der Waals surface area contributed by atoms with E-state index in [9.17, 15) is 18.4 Å². The predicted molar refractivity (Wildman–Crippen MR) is 146 cm³/mol. The van der Waals surface area contributed by atoms with Crippen LogP contribution in [0.4, 0.5) is 8.78 Å². The van der Waals surface area contributed by atoms with Crippen LogP contribution in [0.1, 0.15) is 48.8 Å². The van der Waals surface area contributed by atoms with Gasteiger partial charge in [0.05, 0.1) is 18.2 Å². The Morgan fingerprint density at radius 2 is 1.75 bits per heavy atom. The van der Waals surface area contributed by atoms with Crippen LogP contribution in [0.2, 0.25) is 5.02 Å². The summed E-state index contributed by atoms with van der Waals surface area (Å²) in [4.78, 5) is 29.3. The number of halogens is 3. The first-order chi connectivity index (χ1) is 19.2. The molecule has 1 heterocycles. The molecule has 1 spiro atoms. The van der Waals surface area contributed by atoms with Gasteiger partial charge in [0, 0.05) is 62.1 Å². The molecule has 2 aliphatic carbocycles. The van der Waals surface area contributed by atoms with Gasteiger partial charge < -0.3 is 15.0 Å². The van der Waals surface area contributed by atoms with Gasteiger partial charge in [0.15, 0.2) is 0 Å². The molecule has 10 heteroatoms. The van der Waals surface area contributed by atoms with Crippen LogP contribution >= 0.6 is 11.6 Å². The number of amides is 2. The SMILES string of the molecule is N#Cc1ccc(COc2ccc(Cl)cc2CN2CCN(C(=O)CNC(=O)C3CC34CCC(F)(F)CC4)CC2)cc1. The van der Waals surface area contributed by atoms with Crippen LogP contribution in [0.3, 0.4) is 0 Å². The molecule has 0 aromatic heterocycles. The number of rotatable bonds is 8. The summed E-state index contributed by atoms with van der Waals surface area (Å²) >= 11 is 6.27. The van der Waals surface area contributed by atoms with E-state index >= 15 is 0 Å². The van der Waals surface area contributed by atoms with Gasteiger partial charge in [-0.25, -0.2) is 8.78 Å². The molecule has 7 nitrogen and oxygen atoms in total. The molecule has 2 saturated carbocycles. The van der Waals surface area contributed by atoms with Crippen molar-refractivity contribution in [1.82, 2.24) is 15.1 Å². The summed E-state index contributed by atoms with van der Waals surface area (Å²) in [5, 5.41) is 12.3. The van der Waals surface area contributed by atoms with Crippen molar-refractivity contribution in [2.24, 2.45) is 11.3 Å². The van der Waals surface area contributed by atoms with E-state index in [4.69, 9.17) is 21.6 Å². The average Bonchev–Trinajstić information content (AvgIpc) is 3.68. The van der Waals surface area contributed by atoms with Gasteiger partial charge >= 0.3 is 0 Å². The van der Waals surface area contributed by atoms with Crippen molar-refractivity contribution in [2.45, 2.75) is 51.2 Å². The quantitative estimate of drug-likeness (QED) is 0.494. The molecular weight excluding hydrogens is 538 g/mol. The first-order valence-corrected chi connectivity index (χ1v) is 14.1. The average molecular weight is 571 g/mol. The number of ether oxygens (including phenoxy) is 1. The van der Waals surface area contributed by atoms with Crippen LogP contribution in [0.15, 0.2) is 42.5 Å². The molecule has 0 bridgehead atoms. The van der Waals surface area contributed by atoms with Crippen molar-refractivity contribution in [3.05, 3.63) is 64.2 Å². The van der Waals surface area contributed by atoms with Crippen molar-refractivity contribution in [2.75, 3.05) is 32.7 Å². The number of nitrogens with zero attached hydrogens (tertiary/aromatic N) is 3. The smallest absolute Gasteiger partial charge is 0.248 e. The first-order valence-electron chi connectivity index (χ1n) is 13.7. The minimum absolute atomic E-state index is 0.0663. The Labute approximate surface area is 238 Å². The normalized spacial score (nSPS) is 21.4. The van der Waals surface area contributed by atoms with Gasteiger partial charge in [0.1, 0.15) is 12.4 Å². The highest BCUT2D eigenvalue weighted by Gasteiger charge is 2.60. The second kappa shape index (κ2) is 11.7. The zero-order chi connectivity index (χ0) is 28.3. The zero-order valence-corrected chi connectivity index (χ0v) is 23.1. The fourth-order valence-electron chi connectivity index (χ4n) is 5.83. The van der Waals surface area contributed by atoms with Gasteiger partial charge in [-0.1, -0.05) is 23.7 Å². The third kappa shape index (κ3) is 6.73. The topological polar surface area (TPSA) is 85.7 Å². The molecule has 1 aliphatic heterocycles. The highest BCUT2D eigenvalue weighted by atomic mass is 35.5. The molecule has 3 aliphatic rings. The summed E-state index contributed by atoms with van der Waals surface area (Å²) in [5.41, 5.74) is 2.22. The highest BCUT2D eigenvalue weighted by Crippen LogP contribution is 2.63. The summed E-state index contributed by atoms with van der Waals surface area (Å²) in [6.07, 6.45) is 1.09. The monoisotopic (exact) mass is 570 g/mol. The second-order valence-corrected chi connectivity index (χ2v) is 11.6. The lowest BCUT2D eigenvalue weighted by Crippen LogP contribution is -2.51. The zero-order valence-electron chi connectivity index (χ0n) is 22.3. The van der Waals surface area contributed by atoms with Crippen LogP contribution < -0.4 is 10.1 Å². The third-order valence-corrected chi connectivity index (χ3v) is 8.75. The van der Waals surface area contributed by atoms with Crippen molar-refractivity contribution in [1.29, 1.82) is 5.26 Å². The molecule has 3 fully saturated rings. The standard InChI is InChI=1S/C30H33ClF2N4O3/c31-24-5-6-26(40-20-22-3-1-21(17-34)2-4-22)23(15-24)19-36-11-13-37(14-12-36)27(38)18-35-28(39)25-16-29(25)7-9-30(32,33)10-8-29/h1-6,15,25H,7-14,16,18-20H2,(H,35,39). The van der Waals surface area contributed by atoms with E-state index in [1.165, 1.54) is 0 Å². The first kappa shape index (κ1) is 28.3. The number of carbonyl (C=O) groups excluding carboxylic acids is 2. The van der Waals surface area contributed by atoms with Gasteiger partial charge in [-0.3, -0.25) is 14.5 Å². The van der Waals surface area contributed by atoms with Crippen LogP contribution in [0, 0.1) is 22.7 Å². The van der Waals surface area contributed by atoms with Gasteiger partial charge in [0.2, 0.25) is 17.7 Å². The predicted octanol–water partition coefficient (Wildman–Crippen LogP) is 4.77. The number of benzene rings is 2. The Morgan fingerprint density at radius 3 is 2.42 bits per heavy atom. The molecule has 2 aromatic rings. The third-order valence-electron chi connectivity index (χ3n) is 8.52. The maximum atomic E-state index is 13.5. The van der Waals surface area contributed by atoms with Crippen LogP contribution in [0.25, 0.3) is 0 Å². The lowest BCUT2D eigenvalue weighted by Gasteiger charge is -2.35. The van der Waals surface area contributed by atoms with Crippen molar-refractivity contribution in [3.8, 4) is 11.8 Å². The van der Waals surface area contributed by atoms with E-state index < -0.39 is 5.92 Å². The van der Waals surface area contributed by atoms with E-state index in [1.807, 2.05) is 24.3 Å². The Hall–Kier alpha value is -3.22. The van der Waals surface area contributed by atoms with E-state index in [0.29, 0.717) is 69.2 Å². The molecule has 2 amide bonds. The molecule has 1 N–H and O–H groups in total. The van der Waals surface area contributed by atoms with E-state index in [-0.39, 0.29) is 42.5 Å². The second-order valence-electron chi connectivity index (χ2n) is 11.2. The number of nitriles is 1. The number of hydrogen-bond acceptors (Lipinski definition) is 5. The summed E-state index contributed by atoms with van der Waals surface area (Å²) in [7, 11) is 0. The van der Waals surface area contributed by atoms with E-state index in [1.54, 1.807) is 23.1 Å². The molecule has 1 unspecified atom stereocenters. The number of alkyl halides is 2. The number of nitrogens with one attached hydrogen (secondary N) is 1. The molecule has 1 saturated heterocycles. The van der Waals surface area contributed by atoms with Crippen molar-refractivity contribution >= 4 is 23.4 Å². The van der Waals surface area contributed by atoms with Crippen LogP contribution in [0.5, 0.6) is 5.75 Å². The van der Waals surface area contributed by atoms with E-state index in [2.05, 4.69) is 16.3 Å². The maximum absolute atomic E-state index is 13.5. The molecular formula is C30H33ClF2N4O3. The lowest BCUT2D eigenvalue weighted by atomic mass is 9.82. The van der Waals surface area contributed by atoms with Crippen molar-refractivity contribution in [3.63, 3.8) is 0 Å². The Bertz CT molecular complexity index is 1280.